The predicted octanol–water partition coefficient (Wildman–Crippen LogP) is 6.55. The topological polar surface area (TPSA) is 84.3 Å². The maximum Gasteiger partial charge on any atom is 0.282 e. The van der Waals surface area contributed by atoms with Crippen molar-refractivity contribution in [2.45, 2.75) is 38.0 Å². The van der Waals surface area contributed by atoms with Crippen molar-refractivity contribution < 1.29 is 4.74 Å². The molecule has 0 saturated heterocycles. The van der Waals surface area contributed by atoms with E-state index in [1.807, 2.05) is 60.7 Å². The first-order valence-electron chi connectivity index (χ1n) is 12.8. The number of nitrogens with one attached hydrogen (secondary N) is 2. The van der Waals surface area contributed by atoms with Crippen LogP contribution in [0.25, 0.3) is 28.0 Å². The molecule has 1 saturated carbocycles. The molecule has 0 spiro atoms. The molecular formula is C30H29N5O2. The van der Waals surface area contributed by atoms with Gasteiger partial charge in [0.1, 0.15) is 17.4 Å². The quantitative estimate of drug-likeness (QED) is 0.281. The highest BCUT2D eigenvalue weighted by molar-refractivity contribution is 5.81. The molecule has 0 atom stereocenters. The zero-order valence-corrected chi connectivity index (χ0v) is 20.8. The van der Waals surface area contributed by atoms with Gasteiger partial charge in [0.15, 0.2) is 5.65 Å². The fourth-order valence-corrected chi connectivity index (χ4v) is 5.36. The molecule has 0 radical (unpaired) electrons. The van der Waals surface area contributed by atoms with Crippen LogP contribution >= 0.6 is 0 Å². The van der Waals surface area contributed by atoms with Crippen molar-refractivity contribution in [3.63, 3.8) is 0 Å². The summed E-state index contributed by atoms with van der Waals surface area (Å²) in [5.41, 5.74) is 4.88. The summed E-state index contributed by atoms with van der Waals surface area (Å²) in [7, 11) is 1.63. The lowest BCUT2D eigenvalue weighted by Gasteiger charge is -2.22. The normalized spacial score (nSPS) is 14.1. The van der Waals surface area contributed by atoms with E-state index in [0.717, 1.165) is 41.0 Å². The van der Waals surface area contributed by atoms with Crippen molar-refractivity contribution in [1.82, 2.24) is 19.6 Å². The van der Waals surface area contributed by atoms with Crippen LogP contribution in [-0.4, -0.2) is 26.7 Å². The molecule has 37 heavy (non-hydrogen) atoms. The third-order valence-corrected chi connectivity index (χ3v) is 7.18. The molecule has 3 heterocycles. The zero-order valence-electron chi connectivity index (χ0n) is 20.8. The molecule has 7 nitrogen and oxygen atoms in total. The maximum atomic E-state index is 14.2. The number of aromatic amines is 1. The molecule has 3 aromatic heterocycles. The van der Waals surface area contributed by atoms with Crippen LogP contribution in [-0.2, 0) is 0 Å². The number of methoxy groups -OCH3 is 1. The second-order valence-corrected chi connectivity index (χ2v) is 9.47. The van der Waals surface area contributed by atoms with E-state index in [2.05, 4.69) is 27.5 Å². The van der Waals surface area contributed by atoms with Gasteiger partial charge in [-0.25, -0.2) is 14.5 Å². The molecule has 0 aliphatic heterocycles. The van der Waals surface area contributed by atoms with Gasteiger partial charge in [-0.3, -0.25) is 9.89 Å². The minimum Gasteiger partial charge on any atom is -0.497 e. The maximum absolute atomic E-state index is 14.2. The number of H-pyrrole nitrogens is 1. The Bertz CT molecular complexity index is 1570. The molecule has 2 N–H and O–H groups in total. The van der Waals surface area contributed by atoms with Crippen LogP contribution in [0.3, 0.4) is 0 Å². The number of ether oxygens (including phenoxy) is 1. The molecular weight excluding hydrogens is 462 g/mol. The summed E-state index contributed by atoms with van der Waals surface area (Å²) in [5.74, 6) is 2.19. The summed E-state index contributed by atoms with van der Waals surface area (Å²) in [6, 6.07) is 23.3. The second kappa shape index (κ2) is 9.93. The smallest absolute Gasteiger partial charge is 0.282 e. The van der Waals surface area contributed by atoms with E-state index in [9.17, 15) is 4.79 Å². The van der Waals surface area contributed by atoms with Gasteiger partial charge < -0.3 is 10.1 Å². The number of hydrogen-bond acceptors (Lipinski definition) is 5. The first-order valence-corrected chi connectivity index (χ1v) is 12.8. The van der Waals surface area contributed by atoms with Crippen LogP contribution in [0.15, 0.2) is 83.8 Å². The first-order chi connectivity index (χ1) is 18.2. The Balaban J connectivity index is 1.62. The number of hydrogen-bond donors (Lipinski definition) is 2. The van der Waals surface area contributed by atoms with Gasteiger partial charge in [-0.15, -0.1) is 0 Å². The highest BCUT2D eigenvalue weighted by atomic mass is 16.5. The monoisotopic (exact) mass is 491 g/mol. The number of nitrogens with zero attached hydrogens (tertiary/aromatic N) is 3. The highest BCUT2D eigenvalue weighted by Gasteiger charge is 2.27. The van der Waals surface area contributed by atoms with E-state index in [4.69, 9.17) is 9.72 Å². The van der Waals surface area contributed by atoms with Crippen molar-refractivity contribution in [3.05, 3.63) is 94.9 Å². The van der Waals surface area contributed by atoms with Crippen LogP contribution in [0.5, 0.6) is 5.75 Å². The van der Waals surface area contributed by atoms with E-state index in [-0.39, 0.29) is 5.56 Å². The standard InChI is InChI=1S/C30H29N5O2/c1-37-23-17-15-21(16-18-23)26-28(32-24-14-8-9-19-31-24)33-29-25(20-10-4-2-5-11-20)27(34-35(29)30(26)36)22-12-6-3-7-13-22/h3,6-9,12-20,34H,2,4-5,10-11H2,1H3,(H,31,32). The van der Waals surface area contributed by atoms with Gasteiger partial charge in [0.2, 0.25) is 0 Å². The van der Waals surface area contributed by atoms with E-state index in [1.165, 1.54) is 19.3 Å². The zero-order chi connectivity index (χ0) is 25.2. The molecule has 0 unspecified atom stereocenters. The van der Waals surface area contributed by atoms with Gasteiger partial charge in [0, 0.05) is 11.8 Å². The Morgan fingerprint density at radius 3 is 2.38 bits per heavy atom. The Morgan fingerprint density at radius 1 is 0.919 bits per heavy atom. The summed E-state index contributed by atoms with van der Waals surface area (Å²) in [6.07, 6.45) is 7.52. The predicted molar refractivity (Wildman–Crippen MR) is 147 cm³/mol. The number of rotatable bonds is 6. The molecule has 1 aliphatic rings. The molecule has 6 rings (SSSR count). The minimum atomic E-state index is -0.159. The van der Waals surface area contributed by atoms with Crippen molar-refractivity contribution in [3.8, 4) is 28.1 Å². The highest BCUT2D eigenvalue weighted by Crippen LogP contribution is 2.40. The van der Waals surface area contributed by atoms with Crippen molar-refractivity contribution >= 4 is 17.3 Å². The number of aromatic nitrogens is 4. The Morgan fingerprint density at radius 2 is 1.68 bits per heavy atom. The molecule has 1 aliphatic carbocycles. The number of benzene rings is 2. The Labute approximate surface area is 215 Å². The van der Waals surface area contributed by atoms with Gasteiger partial charge in [-0.1, -0.05) is 67.8 Å². The summed E-state index contributed by atoms with van der Waals surface area (Å²) in [4.78, 5) is 23.7. The summed E-state index contributed by atoms with van der Waals surface area (Å²) in [6.45, 7) is 0. The molecule has 7 heteroatoms. The molecule has 5 aromatic rings. The van der Waals surface area contributed by atoms with E-state index in [1.54, 1.807) is 17.8 Å². The summed E-state index contributed by atoms with van der Waals surface area (Å²) >= 11 is 0. The second-order valence-electron chi connectivity index (χ2n) is 9.47. The van der Waals surface area contributed by atoms with Crippen LogP contribution in [0.2, 0.25) is 0 Å². The largest absolute Gasteiger partial charge is 0.497 e. The lowest BCUT2D eigenvalue weighted by molar-refractivity contribution is 0.415. The van der Waals surface area contributed by atoms with Crippen molar-refractivity contribution in [2.24, 2.45) is 0 Å². The van der Waals surface area contributed by atoms with Crippen LogP contribution in [0.4, 0.5) is 11.6 Å². The van der Waals surface area contributed by atoms with Crippen molar-refractivity contribution in [1.29, 1.82) is 0 Å². The number of anilines is 2. The molecule has 2 aromatic carbocycles. The molecule has 186 valence electrons. The number of fused-ring (bicyclic) bond motifs is 1. The van der Waals surface area contributed by atoms with E-state index in [0.29, 0.717) is 28.8 Å². The van der Waals surface area contributed by atoms with E-state index >= 15 is 0 Å². The van der Waals surface area contributed by atoms with Crippen molar-refractivity contribution in [2.75, 3.05) is 12.4 Å². The average Bonchev–Trinajstić information content (AvgIpc) is 3.35. The van der Waals surface area contributed by atoms with Gasteiger partial charge in [0.05, 0.1) is 18.4 Å². The molecule has 0 bridgehead atoms. The molecule has 0 amide bonds. The number of pyridine rings is 1. The summed E-state index contributed by atoms with van der Waals surface area (Å²) < 4.78 is 6.96. The minimum absolute atomic E-state index is 0.159. The lowest BCUT2D eigenvalue weighted by atomic mass is 9.83. The molecule has 1 fully saturated rings. The first kappa shape index (κ1) is 23.0. The van der Waals surface area contributed by atoms with Crippen LogP contribution in [0.1, 0.15) is 43.6 Å². The third-order valence-electron chi connectivity index (χ3n) is 7.18. The van der Waals surface area contributed by atoms with Gasteiger partial charge in [-0.05, 0) is 54.2 Å². The Hall–Kier alpha value is -4.39. The van der Waals surface area contributed by atoms with Crippen LogP contribution < -0.4 is 15.6 Å². The third kappa shape index (κ3) is 4.37. The average molecular weight is 492 g/mol. The van der Waals surface area contributed by atoms with E-state index < -0.39 is 0 Å². The van der Waals surface area contributed by atoms with Gasteiger partial charge >= 0.3 is 0 Å². The summed E-state index contributed by atoms with van der Waals surface area (Å²) in [5, 5.41) is 6.77. The van der Waals surface area contributed by atoms with Gasteiger partial charge in [-0.2, -0.15) is 0 Å². The van der Waals surface area contributed by atoms with Crippen LogP contribution in [0, 0.1) is 0 Å². The lowest BCUT2D eigenvalue weighted by Crippen LogP contribution is -2.20. The Kier molecular flexibility index (Phi) is 6.18. The fraction of sp³-hybridized carbons (Fsp3) is 0.233. The fourth-order valence-electron chi connectivity index (χ4n) is 5.36. The van der Waals surface area contributed by atoms with Gasteiger partial charge in [0.25, 0.3) is 5.56 Å². The SMILES string of the molecule is COc1ccc(-c2c(Nc3ccccn3)nc3c(C4CCCCC4)c(-c4ccccc4)[nH]n3c2=O)cc1.